The molecule has 160 valence electrons. The molecule has 1 aliphatic rings. The highest BCUT2D eigenvalue weighted by Crippen LogP contribution is 2.40. The first-order valence-electron chi connectivity index (χ1n) is 8.76. The van der Waals surface area contributed by atoms with E-state index in [1.54, 1.807) is 23.1 Å². The molecule has 0 atom stereocenters. The van der Waals surface area contributed by atoms with E-state index in [2.05, 4.69) is 0 Å². The molecule has 0 N–H and O–H groups in total. The third kappa shape index (κ3) is 4.89. The van der Waals surface area contributed by atoms with Crippen molar-refractivity contribution in [3.63, 3.8) is 0 Å². The van der Waals surface area contributed by atoms with Crippen LogP contribution < -0.4 is 0 Å². The lowest BCUT2D eigenvalue weighted by atomic mass is 10.3. The number of rotatable bonds is 5. The predicted octanol–water partition coefficient (Wildman–Crippen LogP) is 3.91. The maximum atomic E-state index is 13.3. The number of carbonyl (C=O) groups is 1. The maximum absolute atomic E-state index is 13.3. The highest BCUT2D eigenvalue weighted by molar-refractivity contribution is 8.00. The number of amides is 1. The van der Waals surface area contributed by atoms with Crippen molar-refractivity contribution in [2.45, 2.75) is 21.6 Å². The van der Waals surface area contributed by atoms with E-state index < -0.39 is 14.9 Å². The van der Waals surface area contributed by atoms with E-state index in [1.807, 2.05) is 0 Å². The molecule has 2 aromatic carbocycles. The number of sulfonamides is 1. The molecule has 0 unspecified atom stereocenters. The summed E-state index contributed by atoms with van der Waals surface area (Å²) in [5.74, 6) is -0.130. The van der Waals surface area contributed by atoms with Gasteiger partial charge in [-0.1, -0.05) is 35.0 Å². The smallest absolute Gasteiger partial charge is 0.270 e. The lowest BCUT2D eigenvalue weighted by Crippen LogP contribution is -2.50. The predicted molar refractivity (Wildman–Crippen MR) is 115 cm³/mol. The van der Waals surface area contributed by atoms with Gasteiger partial charge in [-0.2, -0.15) is 4.31 Å². The molecule has 1 saturated heterocycles. The topological polar surface area (TPSA) is 101 Å². The highest BCUT2D eigenvalue weighted by Gasteiger charge is 2.32. The van der Waals surface area contributed by atoms with E-state index in [0.717, 1.165) is 17.8 Å². The van der Waals surface area contributed by atoms with Crippen LogP contribution in [0.15, 0.2) is 51.1 Å². The first-order chi connectivity index (χ1) is 14.1. The minimum absolute atomic E-state index is 0.104. The first kappa shape index (κ1) is 22.8. The average Bonchev–Trinajstić information content (AvgIpc) is 2.70. The molecule has 12 heteroatoms. The van der Waals surface area contributed by atoms with Gasteiger partial charge in [-0.25, -0.2) is 8.42 Å². The second kappa shape index (κ2) is 9.11. The Hall–Kier alpha value is -1.85. The second-order valence-corrected chi connectivity index (χ2v) is 10.3. The van der Waals surface area contributed by atoms with Crippen LogP contribution in [0, 0.1) is 10.1 Å². The summed E-state index contributed by atoms with van der Waals surface area (Å²) in [6.45, 7) is 2.14. The van der Waals surface area contributed by atoms with Crippen LogP contribution in [0.4, 0.5) is 5.69 Å². The van der Waals surface area contributed by atoms with Crippen molar-refractivity contribution in [2.24, 2.45) is 0 Å². The number of piperazine rings is 1. The summed E-state index contributed by atoms with van der Waals surface area (Å²) in [6, 6.07) is 8.47. The normalized spacial score (nSPS) is 15.2. The number of nitrogens with zero attached hydrogens (tertiary/aromatic N) is 3. The zero-order valence-electron chi connectivity index (χ0n) is 15.7. The molecule has 0 saturated carbocycles. The van der Waals surface area contributed by atoms with Crippen molar-refractivity contribution in [3.05, 3.63) is 56.6 Å². The summed E-state index contributed by atoms with van der Waals surface area (Å²) >= 11 is 13.3. The van der Waals surface area contributed by atoms with Gasteiger partial charge in [-0.05, 0) is 24.3 Å². The summed E-state index contributed by atoms with van der Waals surface area (Å²) < 4.78 is 27.9. The Balaban J connectivity index is 2.01. The fourth-order valence-corrected chi connectivity index (χ4v) is 6.26. The third-order valence-corrected chi connectivity index (χ3v) is 8.43. The molecule has 0 aliphatic carbocycles. The molecular formula is C18H17Cl2N3O5S2. The van der Waals surface area contributed by atoms with Gasteiger partial charge < -0.3 is 4.90 Å². The third-order valence-electron chi connectivity index (χ3n) is 4.55. The van der Waals surface area contributed by atoms with Gasteiger partial charge in [0.2, 0.25) is 15.9 Å². The highest BCUT2D eigenvalue weighted by atomic mass is 35.5. The maximum Gasteiger partial charge on any atom is 0.270 e. The molecular weight excluding hydrogens is 473 g/mol. The van der Waals surface area contributed by atoms with Crippen molar-refractivity contribution in [1.82, 2.24) is 9.21 Å². The number of hydrogen-bond donors (Lipinski definition) is 0. The SMILES string of the molecule is CC(=O)N1CCN(S(=O)(=O)c2cc([N+](=O)[O-])ccc2Sc2cc(Cl)ccc2Cl)CC1. The molecule has 0 spiro atoms. The minimum atomic E-state index is -4.05. The van der Waals surface area contributed by atoms with E-state index in [-0.39, 0.29) is 42.7 Å². The fraction of sp³-hybridized carbons (Fsp3) is 0.278. The Morgan fingerprint density at radius 2 is 1.73 bits per heavy atom. The zero-order valence-corrected chi connectivity index (χ0v) is 18.9. The molecule has 1 heterocycles. The van der Waals surface area contributed by atoms with Gasteiger partial charge in [0.25, 0.3) is 5.69 Å². The average molecular weight is 490 g/mol. The summed E-state index contributed by atoms with van der Waals surface area (Å²) in [6.07, 6.45) is 0. The summed E-state index contributed by atoms with van der Waals surface area (Å²) in [7, 11) is -4.05. The molecule has 3 rings (SSSR count). The van der Waals surface area contributed by atoms with Crippen molar-refractivity contribution < 1.29 is 18.1 Å². The molecule has 0 bridgehead atoms. The Morgan fingerprint density at radius 1 is 1.07 bits per heavy atom. The van der Waals surface area contributed by atoms with E-state index >= 15 is 0 Å². The molecule has 30 heavy (non-hydrogen) atoms. The summed E-state index contributed by atoms with van der Waals surface area (Å²) in [4.78, 5) is 24.3. The van der Waals surface area contributed by atoms with Crippen LogP contribution in [0.5, 0.6) is 0 Å². The van der Waals surface area contributed by atoms with Crippen LogP contribution in [0.2, 0.25) is 10.0 Å². The van der Waals surface area contributed by atoms with Gasteiger partial charge >= 0.3 is 0 Å². The standard InChI is InChI=1S/C18H17Cl2N3O5S2/c1-12(24)21-6-8-22(9-7-21)30(27,28)18-11-14(23(25)26)3-5-16(18)29-17-10-13(19)2-4-15(17)20/h2-5,10-11H,6-9H2,1H3. The number of carbonyl (C=O) groups excluding carboxylic acids is 1. The van der Waals surface area contributed by atoms with Crippen LogP contribution in [0.3, 0.4) is 0 Å². The van der Waals surface area contributed by atoms with Gasteiger partial charge in [-0.15, -0.1) is 0 Å². The van der Waals surface area contributed by atoms with Crippen molar-refractivity contribution in [2.75, 3.05) is 26.2 Å². The molecule has 1 aliphatic heterocycles. The monoisotopic (exact) mass is 489 g/mol. The Kier molecular flexibility index (Phi) is 6.93. The molecule has 2 aromatic rings. The van der Waals surface area contributed by atoms with E-state index in [0.29, 0.717) is 19.8 Å². The van der Waals surface area contributed by atoms with Crippen molar-refractivity contribution in [1.29, 1.82) is 0 Å². The van der Waals surface area contributed by atoms with E-state index in [9.17, 15) is 23.3 Å². The number of nitro groups is 1. The van der Waals surface area contributed by atoms with Crippen LogP contribution in [-0.4, -0.2) is 54.6 Å². The molecule has 8 nitrogen and oxygen atoms in total. The quantitative estimate of drug-likeness (QED) is 0.466. The van der Waals surface area contributed by atoms with Crippen LogP contribution in [-0.2, 0) is 14.8 Å². The molecule has 0 radical (unpaired) electrons. The molecule has 1 amide bonds. The fourth-order valence-electron chi connectivity index (χ4n) is 2.95. The Morgan fingerprint density at radius 3 is 2.33 bits per heavy atom. The van der Waals surface area contributed by atoms with Crippen LogP contribution in [0.25, 0.3) is 0 Å². The summed E-state index contributed by atoms with van der Waals surface area (Å²) in [5.41, 5.74) is -0.336. The lowest BCUT2D eigenvalue weighted by Gasteiger charge is -2.33. The van der Waals surface area contributed by atoms with Gasteiger partial charge in [0.05, 0.1) is 9.95 Å². The number of hydrogen-bond acceptors (Lipinski definition) is 6. The second-order valence-electron chi connectivity index (χ2n) is 6.48. The van der Waals surface area contributed by atoms with Gasteiger partial charge in [0.1, 0.15) is 4.90 Å². The molecule has 0 aromatic heterocycles. The summed E-state index contributed by atoms with van der Waals surface area (Å²) in [5, 5.41) is 12.1. The number of benzene rings is 2. The van der Waals surface area contributed by atoms with Crippen LogP contribution in [0.1, 0.15) is 6.92 Å². The van der Waals surface area contributed by atoms with E-state index in [1.165, 1.54) is 23.4 Å². The Bertz CT molecular complexity index is 1100. The van der Waals surface area contributed by atoms with Crippen molar-refractivity contribution >= 4 is 56.6 Å². The van der Waals surface area contributed by atoms with Gasteiger partial charge in [0, 0.05) is 60.0 Å². The number of nitro benzene ring substituents is 1. The first-order valence-corrected chi connectivity index (χ1v) is 11.8. The zero-order chi connectivity index (χ0) is 22.1. The van der Waals surface area contributed by atoms with Crippen LogP contribution >= 0.6 is 35.0 Å². The number of halogens is 2. The lowest BCUT2D eigenvalue weighted by molar-refractivity contribution is -0.385. The van der Waals surface area contributed by atoms with Crippen molar-refractivity contribution in [3.8, 4) is 0 Å². The minimum Gasteiger partial charge on any atom is -0.340 e. The number of non-ortho nitro benzene ring substituents is 1. The van der Waals surface area contributed by atoms with Gasteiger partial charge in [-0.3, -0.25) is 14.9 Å². The van der Waals surface area contributed by atoms with E-state index in [4.69, 9.17) is 23.2 Å². The molecule has 1 fully saturated rings. The van der Waals surface area contributed by atoms with Gasteiger partial charge in [0.15, 0.2) is 0 Å². The largest absolute Gasteiger partial charge is 0.340 e. The Labute approximate surface area is 187 Å².